The average molecular weight is 814 g/mol. The first-order chi connectivity index (χ1) is 28.1. The Hall–Kier alpha value is -2.97. The van der Waals surface area contributed by atoms with Gasteiger partial charge < -0.3 is 28.6 Å². The summed E-state index contributed by atoms with van der Waals surface area (Å²) in [6.45, 7) is 4.51. The van der Waals surface area contributed by atoms with Gasteiger partial charge in [-0.15, -0.1) is 0 Å². The first-order valence-electron chi connectivity index (χ1n) is 23.3. The van der Waals surface area contributed by atoms with Gasteiger partial charge in [-0.3, -0.25) is 9.59 Å². The number of allylic oxidation sites excluding steroid dienone is 10. The molecule has 0 aliphatic heterocycles. The van der Waals surface area contributed by atoms with Crippen LogP contribution in [0.15, 0.2) is 60.8 Å². The minimum Gasteiger partial charge on any atom is -0.544 e. The first-order valence-corrected chi connectivity index (χ1v) is 23.3. The van der Waals surface area contributed by atoms with Gasteiger partial charge in [0.15, 0.2) is 6.10 Å². The van der Waals surface area contributed by atoms with Crippen LogP contribution in [0.2, 0.25) is 0 Å². The highest BCUT2D eigenvalue weighted by molar-refractivity contribution is 5.70. The fourth-order valence-electron chi connectivity index (χ4n) is 6.53. The molecule has 0 amide bonds. The van der Waals surface area contributed by atoms with Gasteiger partial charge in [0.1, 0.15) is 12.6 Å². The Morgan fingerprint density at radius 2 is 0.966 bits per heavy atom. The Morgan fingerprint density at radius 1 is 0.534 bits per heavy atom. The predicted octanol–water partition coefficient (Wildman–Crippen LogP) is 11.6. The summed E-state index contributed by atoms with van der Waals surface area (Å²) in [5.41, 5.74) is 0. The highest BCUT2D eigenvalue weighted by Crippen LogP contribution is 2.13. The highest BCUT2D eigenvalue weighted by atomic mass is 16.6. The normalized spacial score (nSPS) is 13.5. The van der Waals surface area contributed by atoms with Crippen molar-refractivity contribution in [3.63, 3.8) is 0 Å². The molecule has 2 atom stereocenters. The molecule has 0 aliphatic rings. The number of likely N-dealkylation sites (N-methyl/N-ethyl adjacent to an activating group) is 1. The molecule has 8 heteroatoms. The summed E-state index contributed by atoms with van der Waals surface area (Å²) in [6, 6.07) is -0.733. The summed E-state index contributed by atoms with van der Waals surface area (Å²) in [5, 5.41) is 11.6. The lowest BCUT2D eigenvalue weighted by Crippen LogP contribution is -2.55. The van der Waals surface area contributed by atoms with E-state index in [1.807, 2.05) is 0 Å². The van der Waals surface area contributed by atoms with Gasteiger partial charge in [-0.25, -0.2) is 0 Å². The van der Waals surface area contributed by atoms with E-state index in [2.05, 4.69) is 74.6 Å². The smallest absolute Gasteiger partial charge is 0.306 e. The molecular weight excluding hydrogens is 727 g/mol. The molecule has 0 saturated carbocycles. The van der Waals surface area contributed by atoms with Crippen molar-refractivity contribution in [1.82, 2.24) is 0 Å². The molecule has 2 unspecified atom stereocenters. The van der Waals surface area contributed by atoms with Crippen molar-refractivity contribution < 1.29 is 38.2 Å². The van der Waals surface area contributed by atoms with Crippen LogP contribution in [0, 0.1) is 0 Å². The zero-order valence-corrected chi connectivity index (χ0v) is 37.9. The van der Waals surface area contributed by atoms with Crippen LogP contribution in [0.3, 0.4) is 0 Å². The van der Waals surface area contributed by atoms with Crippen LogP contribution in [-0.2, 0) is 28.6 Å². The van der Waals surface area contributed by atoms with Crippen LogP contribution in [0.4, 0.5) is 0 Å². The molecule has 0 rings (SSSR count). The molecule has 8 nitrogen and oxygen atoms in total. The Kier molecular flexibility index (Phi) is 38.7. The number of carboxylic acids is 1. The molecule has 0 aromatic carbocycles. The number of quaternary nitrogens is 1. The SMILES string of the molecule is CC/C=C\C/C=C\C/C=C\C/C=C\CCCCCCC(=O)OC(COCCC(C(=O)[O-])[N+](C)(C)C)COC(=O)CCCCCCCCC/C=C\CCCCCCCC. The second-order valence-corrected chi connectivity index (χ2v) is 16.6. The van der Waals surface area contributed by atoms with E-state index in [1.165, 1.54) is 77.0 Å². The fraction of sp³-hybridized carbons (Fsp3) is 0.740. The lowest BCUT2D eigenvalue weighted by molar-refractivity contribution is -0.889. The third kappa shape index (κ3) is 38.5. The number of hydrogen-bond donors (Lipinski definition) is 0. The van der Waals surface area contributed by atoms with E-state index in [0.29, 0.717) is 12.8 Å². The van der Waals surface area contributed by atoms with Crippen molar-refractivity contribution in [2.45, 2.75) is 199 Å². The van der Waals surface area contributed by atoms with Gasteiger partial charge in [0.05, 0.1) is 40.3 Å². The number of unbranched alkanes of at least 4 members (excludes halogenated alkanes) is 17. The molecule has 0 spiro atoms. The largest absolute Gasteiger partial charge is 0.544 e. The molecule has 58 heavy (non-hydrogen) atoms. The number of carbonyl (C=O) groups excluding carboxylic acids is 3. The second-order valence-electron chi connectivity index (χ2n) is 16.6. The van der Waals surface area contributed by atoms with E-state index in [4.69, 9.17) is 14.2 Å². The topological polar surface area (TPSA) is 102 Å². The number of esters is 2. The van der Waals surface area contributed by atoms with Crippen molar-refractivity contribution in [3.05, 3.63) is 60.8 Å². The van der Waals surface area contributed by atoms with Crippen LogP contribution in [0.25, 0.3) is 0 Å². The fourth-order valence-corrected chi connectivity index (χ4v) is 6.53. The van der Waals surface area contributed by atoms with Gasteiger partial charge in [0.2, 0.25) is 0 Å². The van der Waals surface area contributed by atoms with Gasteiger partial charge in [-0.2, -0.15) is 0 Å². The number of carboxylic acid groups (broad SMARTS) is 1. The van der Waals surface area contributed by atoms with Crippen LogP contribution < -0.4 is 5.11 Å². The van der Waals surface area contributed by atoms with Gasteiger partial charge in [0, 0.05) is 19.3 Å². The van der Waals surface area contributed by atoms with E-state index in [9.17, 15) is 19.5 Å². The standard InChI is InChI=1S/C50H87NO7/c1-6-8-10-12-14-16-18-20-22-24-26-28-30-32-34-36-38-40-48(52)57-45-46(44-56-43-42-47(50(54)55)51(3,4)5)58-49(53)41-39-37-35-33-31-29-27-25-23-21-19-17-15-13-11-9-7-2/h9,11,15,17,20-23,27,29,46-47H,6-8,10,12-14,16,18-19,24-26,28,30-45H2,1-5H3/b11-9-,17-15-,22-20-,23-21-,29-27-. The van der Waals surface area contributed by atoms with Crippen LogP contribution in [0.1, 0.15) is 187 Å². The summed E-state index contributed by atoms with van der Waals surface area (Å²) >= 11 is 0. The number of nitrogens with zero attached hydrogens (tertiary/aromatic N) is 1. The lowest BCUT2D eigenvalue weighted by Gasteiger charge is -2.34. The highest BCUT2D eigenvalue weighted by Gasteiger charge is 2.25. The summed E-state index contributed by atoms with van der Waals surface area (Å²) < 4.78 is 17.2. The van der Waals surface area contributed by atoms with E-state index < -0.39 is 18.1 Å². The zero-order chi connectivity index (χ0) is 42.8. The summed E-state index contributed by atoms with van der Waals surface area (Å²) in [6.07, 6.45) is 49.6. The third-order valence-electron chi connectivity index (χ3n) is 10.1. The van der Waals surface area contributed by atoms with Crippen LogP contribution >= 0.6 is 0 Å². The van der Waals surface area contributed by atoms with Crippen molar-refractivity contribution in [3.8, 4) is 0 Å². The van der Waals surface area contributed by atoms with E-state index in [1.54, 1.807) is 21.1 Å². The average Bonchev–Trinajstić information content (AvgIpc) is 3.18. The Labute approximate surface area is 356 Å². The molecule has 0 fully saturated rings. The van der Waals surface area contributed by atoms with Gasteiger partial charge in [-0.05, 0) is 77.0 Å². The van der Waals surface area contributed by atoms with Crippen molar-refractivity contribution in [2.24, 2.45) is 0 Å². The molecule has 0 aromatic rings. The summed E-state index contributed by atoms with van der Waals surface area (Å²) in [5.74, 6) is -1.77. The van der Waals surface area contributed by atoms with E-state index in [0.717, 1.165) is 77.0 Å². The van der Waals surface area contributed by atoms with Gasteiger partial charge in [-0.1, -0.05) is 152 Å². The van der Waals surface area contributed by atoms with E-state index in [-0.39, 0.29) is 42.7 Å². The maximum atomic E-state index is 12.7. The Balaban J connectivity index is 4.37. The first kappa shape index (κ1) is 55.0. The molecule has 0 bridgehead atoms. The Bertz CT molecular complexity index is 1130. The molecular formula is C50H87NO7. The van der Waals surface area contributed by atoms with Gasteiger partial charge in [0.25, 0.3) is 0 Å². The molecule has 0 heterocycles. The third-order valence-corrected chi connectivity index (χ3v) is 10.1. The monoisotopic (exact) mass is 814 g/mol. The maximum absolute atomic E-state index is 12.7. The molecule has 334 valence electrons. The molecule has 0 aliphatic carbocycles. The second kappa shape index (κ2) is 40.8. The van der Waals surface area contributed by atoms with Crippen LogP contribution in [-0.4, -0.2) is 75.5 Å². The number of aliphatic carboxylic acids is 1. The number of rotatable bonds is 41. The van der Waals surface area contributed by atoms with E-state index >= 15 is 0 Å². The molecule has 0 saturated heterocycles. The number of hydrogen-bond acceptors (Lipinski definition) is 7. The maximum Gasteiger partial charge on any atom is 0.306 e. The van der Waals surface area contributed by atoms with Crippen molar-refractivity contribution in [2.75, 3.05) is 41.0 Å². The number of ether oxygens (including phenoxy) is 3. The molecule has 0 aromatic heterocycles. The summed E-state index contributed by atoms with van der Waals surface area (Å²) in [7, 11) is 5.39. The Morgan fingerprint density at radius 3 is 1.45 bits per heavy atom. The van der Waals surface area contributed by atoms with Crippen LogP contribution in [0.5, 0.6) is 0 Å². The summed E-state index contributed by atoms with van der Waals surface area (Å²) in [4.78, 5) is 36.9. The minimum absolute atomic E-state index is 0.0275. The van der Waals surface area contributed by atoms with Gasteiger partial charge >= 0.3 is 11.9 Å². The zero-order valence-electron chi connectivity index (χ0n) is 37.9. The quantitative estimate of drug-likeness (QED) is 0.0262. The van der Waals surface area contributed by atoms with Crippen molar-refractivity contribution in [1.29, 1.82) is 0 Å². The minimum atomic E-state index is -1.13. The lowest BCUT2D eigenvalue weighted by atomic mass is 10.1. The van der Waals surface area contributed by atoms with Crippen molar-refractivity contribution >= 4 is 17.9 Å². The predicted molar refractivity (Wildman–Crippen MR) is 240 cm³/mol. The number of carbonyl (C=O) groups is 3. The molecule has 0 N–H and O–H groups in total. The molecule has 0 radical (unpaired) electrons.